The molecule has 0 amide bonds. The molecule has 1 aromatic heterocycles. The zero-order valence-electron chi connectivity index (χ0n) is 14.5. The summed E-state index contributed by atoms with van der Waals surface area (Å²) in [5.74, 6) is 1.66. The second kappa shape index (κ2) is 8.36. The van der Waals surface area contributed by atoms with E-state index in [-0.39, 0.29) is 0 Å². The number of benzene rings is 1. The summed E-state index contributed by atoms with van der Waals surface area (Å²) in [5, 5.41) is 7.32. The summed E-state index contributed by atoms with van der Waals surface area (Å²) in [7, 11) is 2.04. The molecule has 0 bridgehead atoms. The van der Waals surface area contributed by atoms with E-state index in [9.17, 15) is 0 Å². The summed E-state index contributed by atoms with van der Waals surface area (Å²) >= 11 is 0. The maximum absolute atomic E-state index is 5.29. The van der Waals surface area contributed by atoms with Crippen molar-refractivity contribution in [1.82, 2.24) is 15.4 Å². The summed E-state index contributed by atoms with van der Waals surface area (Å²) in [6.07, 6.45) is 0.876. The van der Waals surface area contributed by atoms with E-state index in [4.69, 9.17) is 4.52 Å². The van der Waals surface area contributed by atoms with Gasteiger partial charge in [-0.05, 0) is 25.8 Å². The van der Waals surface area contributed by atoms with Crippen molar-refractivity contribution in [1.29, 1.82) is 0 Å². The van der Waals surface area contributed by atoms with Crippen LogP contribution in [0.25, 0.3) is 0 Å². The number of nitrogens with one attached hydrogen (secondary N) is 1. The molecule has 0 fully saturated rings. The van der Waals surface area contributed by atoms with E-state index in [0.29, 0.717) is 6.54 Å². The number of aliphatic imine (C=N–C) groups is 1. The molecule has 124 valence electrons. The summed E-state index contributed by atoms with van der Waals surface area (Å²) in [4.78, 5) is 6.76. The van der Waals surface area contributed by atoms with Gasteiger partial charge in [-0.1, -0.05) is 41.9 Å². The number of aromatic nitrogens is 1. The third-order valence-electron chi connectivity index (χ3n) is 3.59. The lowest BCUT2D eigenvalue weighted by Gasteiger charge is -2.22. The first-order valence-electron chi connectivity index (χ1n) is 8.11. The molecule has 0 saturated carbocycles. The molecule has 0 spiro atoms. The van der Waals surface area contributed by atoms with Crippen LogP contribution in [0.1, 0.15) is 36.4 Å². The van der Waals surface area contributed by atoms with Gasteiger partial charge in [-0.15, -0.1) is 0 Å². The summed E-state index contributed by atoms with van der Waals surface area (Å²) in [5.41, 5.74) is 3.50. The van der Waals surface area contributed by atoms with Crippen LogP contribution < -0.4 is 5.32 Å². The molecule has 0 aliphatic carbocycles. The zero-order chi connectivity index (χ0) is 16.7. The van der Waals surface area contributed by atoms with Crippen LogP contribution in [0.2, 0.25) is 0 Å². The van der Waals surface area contributed by atoms with Gasteiger partial charge in [0, 0.05) is 26.2 Å². The van der Waals surface area contributed by atoms with Crippen molar-refractivity contribution in [3.63, 3.8) is 0 Å². The van der Waals surface area contributed by atoms with Crippen molar-refractivity contribution in [3.8, 4) is 0 Å². The monoisotopic (exact) mass is 314 g/mol. The normalized spacial score (nSPS) is 11.6. The van der Waals surface area contributed by atoms with Crippen molar-refractivity contribution >= 4 is 5.96 Å². The quantitative estimate of drug-likeness (QED) is 0.657. The molecule has 23 heavy (non-hydrogen) atoms. The van der Waals surface area contributed by atoms with Gasteiger partial charge in [0.15, 0.2) is 11.7 Å². The first kappa shape index (κ1) is 17.1. The van der Waals surface area contributed by atoms with Gasteiger partial charge in [0.1, 0.15) is 6.54 Å². The fraction of sp³-hybridized carbons (Fsp3) is 0.444. The Balaban J connectivity index is 2.03. The second-order valence-electron chi connectivity index (χ2n) is 5.65. The fourth-order valence-corrected chi connectivity index (χ4v) is 2.26. The standard InChI is InChI=1S/C18H26N4O/c1-5-16-11-17(23-21-16)12-20-18(19-6-2)22(4)13-15-9-7-14(3)8-10-15/h7-11H,5-6,12-13H2,1-4H3,(H,19,20). The van der Waals surface area contributed by atoms with Gasteiger partial charge < -0.3 is 14.7 Å². The van der Waals surface area contributed by atoms with Crippen LogP contribution in [0.4, 0.5) is 0 Å². The molecular weight excluding hydrogens is 288 g/mol. The molecule has 1 heterocycles. The summed E-state index contributed by atoms with van der Waals surface area (Å²) in [6, 6.07) is 10.5. The Hall–Kier alpha value is -2.30. The van der Waals surface area contributed by atoms with Crippen molar-refractivity contribution in [2.45, 2.75) is 40.3 Å². The Morgan fingerprint density at radius 1 is 1.26 bits per heavy atom. The minimum atomic E-state index is 0.494. The predicted octanol–water partition coefficient (Wildman–Crippen LogP) is 3.14. The van der Waals surface area contributed by atoms with Crippen LogP contribution in [0.15, 0.2) is 39.8 Å². The number of rotatable bonds is 6. The average Bonchev–Trinajstić information content (AvgIpc) is 3.01. The highest BCUT2D eigenvalue weighted by Crippen LogP contribution is 2.08. The van der Waals surface area contributed by atoms with E-state index in [0.717, 1.165) is 36.9 Å². The van der Waals surface area contributed by atoms with Crippen molar-refractivity contribution in [3.05, 3.63) is 52.9 Å². The summed E-state index contributed by atoms with van der Waals surface area (Å²) < 4.78 is 5.29. The Bertz CT molecular complexity index is 631. The third-order valence-corrected chi connectivity index (χ3v) is 3.59. The minimum absolute atomic E-state index is 0.494. The van der Waals surface area contributed by atoms with Crippen molar-refractivity contribution in [2.24, 2.45) is 4.99 Å². The highest BCUT2D eigenvalue weighted by atomic mass is 16.5. The van der Waals surface area contributed by atoms with Gasteiger partial charge in [-0.2, -0.15) is 0 Å². The van der Waals surface area contributed by atoms with Crippen LogP contribution in [0.3, 0.4) is 0 Å². The van der Waals surface area contributed by atoms with Crippen LogP contribution in [0, 0.1) is 6.92 Å². The zero-order valence-corrected chi connectivity index (χ0v) is 14.5. The molecule has 2 rings (SSSR count). The largest absolute Gasteiger partial charge is 0.359 e. The Labute approximate surface area is 138 Å². The number of nitrogens with zero attached hydrogens (tertiary/aromatic N) is 3. The highest BCUT2D eigenvalue weighted by Gasteiger charge is 2.08. The number of aryl methyl sites for hydroxylation is 2. The Kier molecular flexibility index (Phi) is 6.20. The van der Waals surface area contributed by atoms with E-state index >= 15 is 0 Å². The van der Waals surface area contributed by atoms with Crippen LogP contribution in [-0.4, -0.2) is 29.6 Å². The van der Waals surface area contributed by atoms with E-state index in [1.54, 1.807) is 0 Å². The van der Waals surface area contributed by atoms with Gasteiger partial charge in [0.2, 0.25) is 0 Å². The lowest BCUT2D eigenvalue weighted by molar-refractivity contribution is 0.378. The summed E-state index contributed by atoms with van der Waals surface area (Å²) in [6.45, 7) is 8.36. The van der Waals surface area contributed by atoms with Crippen LogP contribution in [0.5, 0.6) is 0 Å². The molecule has 2 aromatic rings. The van der Waals surface area contributed by atoms with E-state index in [1.165, 1.54) is 11.1 Å². The molecular formula is C18H26N4O. The molecule has 0 atom stereocenters. The molecule has 0 aliphatic rings. The lowest BCUT2D eigenvalue weighted by Crippen LogP contribution is -2.38. The van der Waals surface area contributed by atoms with Crippen molar-refractivity contribution < 1.29 is 4.52 Å². The third kappa shape index (κ3) is 5.13. The molecule has 0 unspecified atom stereocenters. The number of guanidine groups is 1. The minimum Gasteiger partial charge on any atom is -0.359 e. The first-order valence-corrected chi connectivity index (χ1v) is 8.11. The molecule has 1 aromatic carbocycles. The van der Waals surface area contributed by atoms with Crippen LogP contribution in [-0.2, 0) is 19.5 Å². The topological polar surface area (TPSA) is 53.7 Å². The predicted molar refractivity (Wildman–Crippen MR) is 93.3 cm³/mol. The van der Waals surface area contributed by atoms with Gasteiger partial charge in [-0.3, -0.25) is 0 Å². The molecule has 5 heteroatoms. The number of hydrogen-bond acceptors (Lipinski definition) is 3. The van der Waals surface area contributed by atoms with Gasteiger partial charge >= 0.3 is 0 Å². The smallest absolute Gasteiger partial charge is 0.194 e. The lowest BCUT2D eigenvalue weighted by atomic mass is 10.1. The van der Waals surface area contributed by atoms with E-state index < -0.39 is 0 Å². The van der Waals surface area contributed by atoms with Gasteiger partial charge in [0.05, 0.1) is 5.69 Å². The average molecular weight is 314 g/mol. The van der Waals surface area contributed by atoms with Crippen molar-refractivity contribution in [2.75, 3.05) is 13.6 Å². The molecule has 0 radical (unpaired) electrons. The molecule has 0 saturated heterocycles. The van der Waals surface area contributed by atoms with Gasteiger partial charge in [0.25, 0.3) is 0 Å². The molecule has 5 nitrogen and oxygen atoms in total. The second-order valence-corrected chi connectivity index (χ2v) is 5.65. The van der Waals surface area contributed by atoms with E-state index in [1.807, 2.05) is 13.1 Å². The first-order chi connectivity index (χ1) is 11.1. The van der Waals surface area contributed by atoms with Gasteiger partial charge in [-0.25, -0.2) is 4.99 Å². The Morgan fingerprint density at radius 2 is 2.00 bits per heavy atom. The SMILES string of the molecule is CCNC(=NCc1cc(CC)no1)N(C)Cc1ccc(C)cc1. The van der Waals surface area contributed by atoms with E-state index in [2.05, 4.69) is 65.4 Å². The van der Waals surface area contributed by atoms with Crippen LogP contribution >= 0.6 is 0 Å². The highest BCUT2D eigenvalue weighted by molar-refractivity contribution is 5.79. The maximum Gasteiger partial charge on any atom is 0.194 e. The maximum atomic E-state index is 5.29. The fourth-order valence-electron chi connectivity index (χ4n) is 2.26. The molecule has 1 N–H and O–H groups in total. The molecule has 0 aliphatic heterocycles. The number of hydrogen-bond donors (Lipinski definition) is 1. The Morgan fingerprint density at radius 3 is 2.61 bits per heavy atom.